The lowest BCUT2D eigenvalue weighted by Gasteiger charge is -2.42. The molecule has 146 valence electrons. The fourth-order valence-corrected chi connectivity index (χ4v) is 5.60. The molecule has 0 spiro atoms. The van der Waals surface area contributed by atoms with Gasteiger partial charge in [-0.1, -0.05) is 19.8 Å². The molecule has 2 aliphatic heterocycles. The summed E-state index contributed by atoms with van der Waals surface area (Å²) >= 11 is 2.09. The largest absolute Gasteiger partial charge is 0.370 e. The Bertz CT molecular complexity index is 422. The van der Waals surface area contributed by atoms with Crippen LogP contribution in [0.5, 0.6) is 0 Å². The molecule has 25 heavy (non-hydrogen) atoms. The van der Waals surface area contributed by atoms with Gasteiger partial charge in [0.25, 0.3) is 0 Å². The van der Waals surface area contributed by atoms with Crippen LogP contribution in [0.2, 0.25) is 0 Å². The maximum atomic E-state index is 6.20. The summed E-state index contributed by atoms with van der Waals surface area (Å²) in [6, 6.07) is 0.628. The third-order valence-electron chi connectivity index (χ3n) is 6.18. The molecular formula is C18H36IN5S. The predicted octanol–water partition coefficient (Wildman–Crippen LogP) is 2.35. The molecule has 3 aliphatic rings. The van der Waals surface area contributed by atoms with E-state index in [4.69, 9.17) is 10.7 Å². The number of thioether (sulfide) groups is 1. The minimum absolute atomic E-state index is 0. The zero-order chi connectivity index (χ0) is 16.8. The summed E-state index contributed by atoms with van der Waals surface area (Å²) < 4.78 is 0. The highest BCUT2D eigenvalue weighted by molar-refractivity contribution is 14.0. The Hall–Kier alpha value is 0.270. The second-order valence-corrected chi connectivity index (χ2v) is 8.76. The van der Waals surface area contributed by atoms with Crippen molar-refractivity contribution >= 4 is 41.7 Å². The van der Waals surface area contributed by atoms with Crippen molar-refractivity contribution in [3.63, 3.8) is 0 Å². The van der Waals surface area contributed by atoms with E-state index in [2.05, 4.69) is 33.8 Å². The van der Waals surface area contributed by atoms with Gasteiger partial charge in [-0.15, -0.1) is 24.0 Å². The summed E-state index contributed by atoms with van der Waals surface area (Å²) in [4.78, 5) is 10.0. The standard InChI is InChI=1S/C18H35N5S.HI/c1-2-22-9-5-6-16(22)14-20-17(19)21-15-18(7-3-4-8-18)23-10-12-24-13-11-23;/h16H,2-15H2,1H3,(H3,19,20,21);1H. The summed E-state index contributed by atoms with van der Waals surface area (Å²) in [5, 5.41) is 3.40. The highest BCUT2D eigenvalue weighted by atomic mass is 127. The molecule has 2 saturated heterocycles. The molecule has 0 aromatic heterocycles. The molecule has 1 aliphatic carbocycles. The minimum atomic E-state index is 0. The summed E-state index contributed by atoms with van der Waals surface area (Å²) in [6.45, 7) is 8.88. The van der Waals surface area contributed by atoms with Crippen LogP contribution < -0.4 is 11.1 Å². The SMILES string of the molecule is CCN1CCCC1CNC(N)=NCC1(N2CCSCC2)CCCC1.I. The number of hydrogen-bond acceptors (Lipinski definition) is 4. The molecule has 1 saturated carbocycles. The van der Waals surface area contributed by atoms with Gasteiger partial charge in [-0.25, -0.2) is 0 Å². The number of rotatable bonds is 6. The smallest absolute Gasteiger partial charge is 0.188 e. The fourth-order valence-electron chi connectivity index (χ4n) is 4.70. The van der Waals surface area contributed by atoms with Gasteiger partial charge in [-0.2, -0.15) is 11.8 Å². The molecule has 5 nitrogen and oxygen atoms in total. The first-order valence-corrected chi connectivity index (χ1v) is 11.0. The molecule has 2 heterocycles. The number of halogens is 1. The zero-order valence-corrected chi connectivity index (χ0v) is 18.9. The van der Waals surface area contributed by atoms with Crippen molar-refractivity contribution in [2.75, 3.05) is 50.8 Å². The first kappa shape index (κ1) is 21.6. The molecule has 0 aromatic carbocycles. The molecule has 1 atom stereocenters. The Morgan fingerprint density at radius 3 is 2.60 bits per heavy atom. The number of likely N-dealkylation sites (N-methyl/N-ethyl adjacent to an activating group) is 1. The van der Waals surface area contributed by atoms with Crippen molar-refractivity contribution in [1.82, 2.24) is 15.1 Å². The highest BCUT2D eigenvalue weighted by Gasteiger charge is 2.39. The van der Waals surface area contributed by atoms with Crippen LogP contribution in [0, 0.1) is 0 Å². The monoisotopic (exact) mass is 481 g/mol. The minimum Gasteiger partial charge on any atom is -0.370 e. The van der Waals surface area contributed by atoms with E-state index in [1.54, 1.807) is 0 Å². The highest BCUT2D eigenvalue weighted by Crippen LogP contribution is 2.37. The second-order valence-electron chi connectivity index (χ2n) is 7.54. The fraction of sp³-hybridized carbons (Fsp3) is 0.944. The molecule has 0 radical (unpaired) electrons. The summed E-state index contributed by atoms with van der Waals surface area (Å²) in [5.74, 6) is 3.19. The molecule has 7 heteroatoms. The van der Waals surface area contributed by atoms with Crippen LogP contribution in [0.15, 0.2) is 4.99 Å². The van der Waals surface area contributed by atoms with E-state index in [1.165, 1.54) is 69.7 Å². The predicted molar refractivity (Wildman–Crippen MR) is 120 cm³/mol. The molecule has 0 aromatic rings. The summed E-state index contributed by atoms with van der Waals surface area (Å²) in [5.41, 5.74) is 6.49. The van der Waals surface area contributed by atoms with Crippen LogP contribution >= 0.6 is 35.7 Å². The van der Waals surface area contributed by atoms with Crippen molar-refractivity contribution in [2.24, 2.45) is 10.7 Å². The van der Waals surface area contributed by atoms with Gasteiger partial charge < -0.3 is 11.1 Å². The molecule has 0 amide bonds. The Labute approximate surface area is 174 Å². The molecule has 0 bridgehead atoms. The topological polar surface area (TPSA) is 56.9 Å². The van der Waals surface area contributed by atoms with E-state index in [0.29, 0.717) is 12.0 Å². The number of nitrogens with zero attached hydrogens (tertiary/aromatic N) is 3. The molecular weight excluding hydrogens is 445 g/mol. The van der Waals surface area contributed by atoms with Gasteiger partial charge in [0.05, 0.1) is 6.54 Å². The zero-order valence-electron chi connectivity index (χ0n) is 15.7. The number of hydrogen-bond donors (Lipinski definition) is 2. The van der Waals surface area contributed by atoms with Gasteiger partial charge in [-0.05, 0) is 38.8 Å². The number of nitrogens with two attached hydrogens (primary N) is 1. The van der Waals surface area contributed by atoms with Crippen LogP contribution in [0.3, 0.4) is 0 Å². The first-order chi connectivity index (χ1) is 11.7. The van der Waals surface area contributed by atoms with Gasteiger partial charge in [0, 0.05) is 42.7 Å². The maximum absolute atomic E-state index is 6.20. The lowest BCUT2D eigenvalue weighted by molar-refractivity contribution is 0.112. The Balaban J connectivity index is 0.00000225. The van der Waals surface area contributed by atoms with E-state index in [1.807, 2.05) is 0 Å². The van der Waals surface area contributed by atoms with Crippen molar-refractivity contribution in [2.45, 2.75) is 57.0 Å². The Morgan fingerprint density at radius 2 is 1.92 bits per heavy atom. The number of aliphatic imine (C=N–C) groups is 1. The van der Waals surface area contributed by atoms with Gasteiger partial charge in [0.1, 0.15) is 0 Å². The van der Waals surface area contributed by atoms with Crippen LogP contribution in [-0.2, 0) is 0 Å². The third kappa shape index (κ3) is 5.62. The van der Waals surface area contributed by atoms with Crippen molar-refractivity contribution in [3.05, 3.63) is 0 Å². The van der Waals surface area contributed by atoms with Crippen LogP contribution in [0.4, 0.5) is 0 Å². The summed E-state index contributed by atoms with van der Waals surface area (Å²) in [6.07, 6.45) is 7.87. The van der Waals surface area contributed by atoms with Gasteiger partial charge in [0.15, 0.2) is 5.96 Å². The molecule has 3 rings (SSSR count). The normalized spacial score (nSPS) is 28.0. The number of nitrogens with one attached hydrogen (secondary N) is 1. The summed E-state index contributed by atoms with van der Waals surface area (Å²) in [7, 11) is 0. The first-order valence-electron chi connectivity index (χ1n) is 9.84. The molecule has 3 fully saturated rings. The second kappa shape index (κ2) is 10.6. The van der Waals surface area contributed by atoms with Crippen LogP contribution in [-0.4, -0.2) is 78.1 Å². The quantitative estimate of drug-likeness (QED) is 0.347. The van der Waals surface area contributed by atoms with Crippen LogP contribution in [0.1, 0.15) is 45.4 Å². The van der Waals surface area contributed by atoms with E-state index in [-0.39, 0.29) is 29.5 Å². The average molecular weight is 481 g/mol. The van der Waals surface area contributed by atoms with E-state index >= 15 is 0 Å². The van der Waals surface area contributed by atoms with Crippen LogP contribution in [0.25, 0.3) is 0 Å². The molecule has 3 N–H and O–H groups in total. The van der Waals surface area contributed by atoms with Crippen molar-refractivity contribution in [3.8, 4) is 0 Å². The molecule has 1 unspecified atom stereocenters. The number of likely N-dealkylation sites (tertiary alicyclic amines) is 1. The van der Waals surface area contributed by atoms with Crippen molar-refractivity contribution < 1.29 is 0 Å². The van der Waals surface area contributed by atoms with Crippen molar-refractivity contribution in [1.29, 1.82) is 0 Å². The van der Waals surface area contributed by atoms with Gasteiger partial charge in [-0.3, -0.25) is 14.8 Å². The maximum Gasteiger partial charge on any atom is 0.188 e. The lowest BCUT2D eigenvalue weighted by atomic mass is 9.95. The Kier molecular flexibility index (Phi) is 9.11. The van der Waals surface area contributed by atoms with E-state index in [9.17, 15) is 0 Å². The Morgan fingerprint density at radius 1 is 1.20 bits per heavy atom. The van der Waals surface area contributed by atoms with Gasteiger partial charge in [0.2, 0.25) is 0 Å². The lowest BCUT2D eigenvalue weighted by Crippen LogP contribution is -2.53. The van der Waals surface area contributed by atoms with Gasteiger partial charge >= 0.3 is 0 Å². The van der Waals surface area contributed by atoms with E-state index in [0.717, 1.165) is 19.6 Å². The third-order valence-corrected chi connectivity index (χ3v) is 7.13. The van der Waals surface area contributed by atoms with E-state index < -0.39 is 0 Å². The average Bonchev–Trinajstić information content (AvgIpc) is 3.28. The number of guanidine groups is 1.